The van der Waals surface area contributed by atoms with E-state index in [2.05, 4.69) is 65.3 Å². The fourth-order valence-corrected chi connectivity index (χ4v) is 5.61. The fourth-order valence-electron chi connectivity index (χ4n) is 5.52. The van der Waals surface area contributed by atoms with Gasteiger partial charge in [0.05, 0.1) is 12.1 Å². The summed E-state index contributed by atoms with van der Waals surface area (Å²) in [4.78, 5) is 42.5. The summed E-state index contributed by atoms with van der Waals surface area (Å²) in [6.45, 7) is 17.6. The van der Waals surface area contributed by atoms with Gasteiger partial charge in [0.1, 0.15) is 6.04 Å². The molecular formula is C33H53N5O3S. The van der Waals surface area contributed by atoms with E-state index in [0.717, 1.165) is 16.5 Å². The lowest BCUT2D eigenvalue weighted by molar-refractivity contribution is -0.140. The highest BCUT2D eigenvalue weighted by Gasteiger charge is 2.42. The summed E-state index contributed by atoms with van der Waals surface area (Å²) in [6, 6.07) is 6.35. The number of fused-ring (bicyclic) bond motifs is 1. The highest BCUT2D eigenvalue weighted by Crippen LogP contribution is 2.35. The average molecular weight is 600 g/mol. The van der Waals surface area contributed by atoms with Crippen LogP contribution in [0.4, 0.5) is 0 Å². The SMILES string of the molecule is CN[C@H](C(=O)N[C@H](C(=O)N(C)[C@H](/C=C(\C)C(=O)N[C@H](C)CS)C(C)C)C(C)(C)C)C(C)(C)c1cn(C)c2ccccc12. The van der Waals surface area contributed by atoms with E-state index in [-0.39, 0.29) is 35.7 Å². The molecule has 1 heterocycles. The molecule has 0 fully saturated rings. The first-order chi connectivity index (χ1) is 19.4. The zero-order valence-corrected chi connectivity index (χ0v) is 28.5. The summed E-state index contributed by atoms with van der Waals surface area (Å²) in [5.41, 5.74) is 1.52. The largest absolute Gasteiger partial charge is 0.350 e. The Bertz CT molecular complexity index is 1290. The number of likely N-dealkylation sites (N-methyl/N-ethyl adjacent to an activating group) is 2. The molecule has 0 saturated heterocycles. The second kappa shape index (κ2) is 14.1. The number of benzene rings is 1. The van der Waals surface area contributed by atoms with Gasteiger partial charge in [-0.2, -0.15) is 12.6 Å². The Kier molecular flexibility index (Phi) is 11.9. The minimum atomic E-state index is -0.790. The second-order valence-corrected chi connectivity index (χ2v) is 13.9. The molecule has 0 saturated carbocycles. The molecule has 2 rings (SSSR count). The maximum Gasteiger partial charge on any atom is 0.246 e. The standard InChI is InChI=1S/C33H53N5O3S/c1-20(2)26(17-21(3)29(39)35-22(4)19-42)38(12)31(41)28(32(5,6)7)36-30(40)27(34-10)33(8,9)24-18-37(11)25-16-14-13-15-23(24)25/h13-18,20,22,26-28,34,42H,19H2,1-12H3,(H,35,39)(H,36,40)/b21-17+/t22-,26-,27-,28-/m1/s1. The molecule has 0 radical (unpaired) electrons. The van der Waals surface area contributed by atoms with Crippen molar-refractivity contribution in [3.63, 3.8) is 0 Å². The number of aryl methyl sites for hydroxylation is 1. The number of hydrogen-bond acceptors (Lipinski definition) is 5. The van der Waals surface area contributed by atoms with Crippen LogP contribution in [0, 0.1) is 11.3 Å². The van der Waals surface area contributed by atoms with Gasteiger partial charge in [0.2, 0.25) is 17.7 Å². The third-order valence-electron chi connectivity index (χ3n) is 8.17. The predicted molar refractivity (Wildman–Crippen MR) is 177 cm³/mol. The number of thiol groups is 1. The molecule has 3 N–H and O–H groups in total. The van der Waals surface area contributed by atoms with Gasteiger partial charge in [-0.15, -0.1) is 0 Å². The van der Waals surface area contributed by atoms with Gasteiger partial charge in [0.25, 0.3) is 0 Å². The van der Waals surface area contributed by atoms with Crippen LogP contribution < -0.4 is 16.0 Å². The van der Waals surface area contributed by atoms with Gasteiger partial charge in [-0.1, -0.05) is 72.7 Å². The van der Waals surface area contributed by atoms with Gasteiger partial charge in [-0.25, -0.2) is 0 Å². The number of carbonyl (C=O) groups excluding carboxylic acids is 3. The van der Waals surface area contributed by atoms with Crippen LogP contribution in [0.15, 0.2) is 42.1 Å². The van der Waals surface area contributed by atoms with Crippen molar-refractivity contribution in [3.8, 4) is 0 Å². The van der Waals surface area contributed by atoms with E-state index in [1.54, 1.807) is 25.9 Å². The Labute approximate surface area is 258 Å². The van der Waals surface area contributed by atoms with Gasteiger partial charge >= 0.3 is 0 Å². The summed E-state index contributed by atoms with van der Waals surface area (Å²) < 4.78 is 2.08. The molecular weight excluding hydrogens is 546 g/mol. The Morgan fingerprint density at radius 3 is 2.14 bits per heavy atom. The smallest absolute Gasteiger partial charge is 0.246 e. The minimum absolute atomic E-state index is 0.0377. The zero-order valence-electron chi connectivity index (χ0n) is 27.6. The van der Waals surface area contributed by atoms with Gasteiger partial charge in [-0.3, -0.25) is 14.4 Å². The van der Waals surface area contributed by atoms with E-state index in [1.807, 2.05) is 66.8 Å². The van der Waals surface area contributed by atoms with Crippen molar-refractivity contribution in [1.82, 2.24) is 25.4 Å². The lowest BCUT2D eigenvalue weighted by Crippen LogP contribution is -2.61. The van der Waals surface area contributed by atoms with Gasteiger partial charge in [0, 0.05) is 54.0 Å². The summed E-state index contributed by atoms with van der Waals surface area (Å²) in [5.74, 6) is -0.0689. The van der Waals surface area contributed by atoms with Gasteiger partial charge < -0.3 is 25.4 Å². The van der Waals surface area contributed by atoms with Crippen LogP contribution in [0.25, 0.3) is 10.9 Å². The molecule has 8 nitrogen and oxygen atoms in total. The Morgan fingerprint density at radius 1 is 1.02 bits per heavy atom. The summed E-state index contributed by atoms with van der Waals surface area (Å²) >= 11 is 4.25. The first-order valence-corrected chi connectivity index (χ1v) is 15.4. The highest BCUT2D eigenvalue weighted by atomic mass is 32.1. The molecule has 0 aliphatic rings. The fraction of sp³-hybridized carbons (Fsp3) is 0.606. The van der Waals surface area contributed by atoms with E-state index >= 15 is 0 Å². The van der Waals surface area contributed by atoms with Crippen molar-refractivity contribution in [2.24, 2.45) is 18.4 Å². The Balaban J connectivity index is 2.40. The molecule has 4 atom stereocenters. The van der Waals surface area contributed by atoms with Gasteiger partial charge in [0.15, 0.2) is 0 Å². The number of para-hydroxylation sites is 1. The van der Waals surface area contributed by atoms with Crippen molar-refractivity contribution in [3.05, 3.63) is 47.7 Å². The molecule has 0 spiro atoms. The molecule has 2 aromatic rings. The van der Waals surface area contributed by atoms with Crippen LogP contribution in [0.1, 0.15) is 67.9 Å². The quantitative estimate of drug-likeness (QED) is 0.214. The minimum Gasteiger partial charge on any atom is -0.350 e. The molecule has 42 heavy (non-hydrogen) atoms. The monoisotopic (exact) mass is 599 g/mol. The number of nitrogens with zero attached hydrogens (tertiary/aromatic N) is 2. The maximum atomic E-state index is 14.1. The van der Waals surface area contributed by atoms with Crippen molar-refractivity contribution >= 4 is 41.3 Å². The van der Waals surface area contributed by atoms with Crippen LogP contribution in [-0.2, 0) is 26.8 Å². The van der Waals surface area contributed by atoms with E-state index in [1.165, 1.54) is 0 Å². The number of aromatic nitrogens is 1. The molecule has 0 unspecified atom stereocenters. The molecule has 234 valence electrons. The van der Waals surface area contributed by atoms with E-state index in [0.29, 0.717) is 11.3 Å². The highest BCUT2D eigenvalue weighted by molar-refractivity contribution is 7.80. The number of rotatable bonds is 12. The lowest BCUT2D eigenvalue weighted by atomic mass is 9.76. The number of hydrogen-bond donors (Lipinski definition) is 4. The van der Waals surface area contributed by atoms with E-state index in [4.69, 9.17) is 0 Å². The van der Waals surface area contributed by atoms with Crippen LogP contribution in [0.5, 0.6) is 0 Å². The Morgan fingerprint density at radius 2 is 1.62 bits per heavy atom. The maximum absolute atomic E-state index is 14.1. The zero-order chi connectivity index (χ0) is 32.2. The van der Waals surface area contributed by atoms with Crippen LogP contribution in [0.2, 0.25) is 0 Å². The molecule has 3 amide bonds. The van der Waals surface area contributed by atoms with Crippen molar-refractivity contribution in [2.75, 3.05) is 19.8 Å². The number of nitrogens with one attached hydrogen (secondary N) is 3. The molecule has 0 bridgehead atoms. The molecule has 0 aliphatic heterocycles. The lowest BCUT2D eigenvalue weighted by Gasteiger charge is -2.39. The third kappa shape index (κ3) is 7.98. The summed E-state index contributed by atoms with van der Waals surface area (Å²) in [6.07, 6.45) is 3.92. The predicted octanol–water partition coefficient (Wildman–Crippen LogP) is 4.44. The van der Waals surface area contributed by atoms with Crippen LogP contribution >= 0.6 is 12.6 Å². The first-order valence-electron chi connectivity index (χ1n) is 14.8. The van der Waals surface area contributed by atoms with E-state index < -0.39 is 22.9 Å². The van der Waals surface area contributed by atoms with E-state index in [9.17, 15) is 14.4 Å². The van der Waals surface area contributed by atoms with Crippen molar-refractivity contribution < 1.29 is 14.4 Å². The molecule has 1 aromatic carbocycles. The summed E-state index contributed by atoms with van der Waals surface area (Å²) in [7, 11) is 5.52. The number of carbonyl (C=O) groups is 3. The second-order valence-electron chi connectivity index (χ2n) is 13.5. The van der Waals surface area contributed by atoms with Crippen molar-refractivity contribution in [1.29, 1.82) is 0 Å². The van der Waals surface area contributed by atoms with Gasteiger partial charge in [-0.05, 0) is 43.9 Å². The Hall–Kier alpha value is -2.78. The molecule has 1 aromatic heterocycles. The first kappa shape index (κ1) is 35.4. The average Bonchev–Trinajstić information content (AvgIpc) is 3.26. The third-order valence-corrected chi connectivity index (χ3v) is 8.72. The molecule has 9 heteroatoms. The van der Waals surface area contributed by atoms with Crippen molar-refractivity contribution in [2.45, 2.75) is 91.9 Å². The summed E-state index contributed by atoms with van der Waals surface area (Å²) in [5, 5.41) is 10.4. The van der Waals surface area contributed by atoms with Crippen LogP contribution in [0.3, 0.4) is 0 Å². The number of amides is 3. The molecule has 0 aliphatic carbocycles. The van der Waals surface area contributed by atoms with Crippen LogP contribution in [-0.4, -0.2) is 71.2 Å². The topological polar surface area (TPSA) is 95.5 Å². The normalized spacial score (nSPS) is 15.7.